The van der Waals surface area contributed by atoms with Crippen molar-refractivity contribution in [3.63, 3.8) is 0 Å². The minimum absolute atomic E-state index is 0.0109. The number of hydrogen-bond acceptors (Lipinski definition) is 3. The molecule has 1 N–H and O–H groups in total. The van der Waals surface area contributed by atoms with Gasteiger partial charge in [-0.1, -0.05) is 25.5 Å². The molecule has 150 valence electrons. The van der Waals surface area contributed by atoms with Crippen LogP contribution in [0.5, 0.6) is 0 Å². The number of rotatable bonds is 1. The maximum absolute atomic E-state index is 11.9. The third-order valence-corrected chi connectivity index (χ3v) is 9.99. The van der Waals surface area contributed by atoms with Gasteiger partial charge in [0.05, 0.1) is 6.10 Å². The van der Waals surface area contributed by atoms with Gasteiger partial charge in [-0.3, -0.25) is 4.79 Å². The van der Waals surface area contributed by atoms with Crippen LogP contribution in [0.2, 0.25) is 0 Å². The van der Waals surface area contributed by atoms with Crippen molar-refractivity contribution in [3.05, 3.63) is 11.6 Å². The van der Waals surface area contributed by atoms with Gasteiger partial charge in [0.15, 0.2) is 0 Å². The fraction of sp³-hybridized carbons (Fsp3) is 0.875. The molecule has 1 aliphatic heterocycles. The molecule has 3 saturated carbocycles. The highest BCUT2D eigenvalue weighted by Gasteiger charge is 2.62. The molecular weight excluding hydrogens is 336 g/mol. The number of hydrogen-bond donors (Lipinski definition) is 1. The average molecular weight is 373 g/mol. The summed E-state index contributed by atoms with van der Waals surface area (Å²) in [5, 5.41) is 10.2. The van der Waals surface area contributed by atoms with Crippen molar-refractivity contribution < 1.29 is 14.6 Å². The molecule has 0 radical (unpaired) electrons. The molecule has 0 aromatic rings. The van der Waals surface area contributed by atoms with Crippen molar-refractivity contribution in [1.82, 2.24) is 0 Å². The van der Waals surface area contributed by atoms with Crippen molar-refractivity contribution in [2.75, 3.05) is 0 Å². The second-order valence-electron chi connectivity index (χ2n) is 11.1. The molecule has 3 heteroatoms. The standard InChI is InChI=1S/C24H36O3/c1-22-11-8-16(25)14-15(22)4-5-17-18-6-7-20(23(18,2)12-9-19(17)22)24(3)13-10-21(26)27-24/h4,16-20,25H,5-14H2,1-3H3/t16-,17?,18?,19?,20?,22-,23-,24?/m0/s1. The van der Waals surface area contributed by atoms with Gasteiger partial charge in [0.25, 0.3) is 0 Å². The lowest BCUT2D eigenvalue weighted by Gasteiger charge is -2.58. The van der Waals surface area contributed by atoms with Gasteiger partial charge in [0, 0.05) is 12.3 Å². The molecule has 3 nitrogen and oxygen atoms in total. The number of ether oxygens (including phenoxy) is 1. The highest BCUT2D eigenvalue weighted by atomic mass is 16.6. The smallest absolute Gasteiger partial charge is 0.306 e. The molecule has 0 aromatic carbocycles. The summed E-state index contributed by atoms with van der Waals surface area (Å²) >= 11 is 0. The van der Waals surface area contributed by atoms with Crippen molar-refractivity contribution in [1.29, 1.82) is 0 Å². The van der Waals surface area contributed by atoms with Crippen LogP contribution >= 0.6 is 0 Å². The van der Waals surface area contributed by atoms with E-state index in [1.54, 1.807) is 5.57 Å². The van der Waals surface area contributed by atoms with E-state index in [0.717, 1.165) is 43.4 Å². The summed E-state index contributed by atoms with van der Waals surface area (Å²) in [6.45, 7) is 7.23. The van der Waals surface area contributed by atoms with Crippen LogP contribution in [0.4, 0.5) is 0 Å². The number of aliphatic hydroxyl groups excluding tert-OH is 1. The summed E-state index contributed by atoms with van der Waals surface area (Å²) < 4.78 is 5.92. The Bertz CT molecular complexity index is 683. The van der Waals surface area contributed by atoms with Crippen LogP contribution in [-0.4, -0.2) is 22.8 Å². The van der Waals surface area contributed by atoms with Crippen LogP contribution in [0, 0.1) is 34.5 Å². The predicted octanol–water partition coefficient (Wildman–Crippen LogP) is 5.02. The lowest BCUT2D eigenvalue weighted by Crippen LogP contribution is -2.53. The molecule has 0 bridgehead atoms. The number of carbonyl (C=O) groups is 1. The van der Waals surface area contributed by atoms with Crippen LogP contribution < -0.4 is 0 Å². The van der Waals surface area contributed by atoms with E-state index in [2.05, 4.69) is 26.8 Å². The molecule has 4 fully saturated rings. The summed E-state index contributed by atoms with van der Waals surface area (Å²) in [4.78, 5) is 11.9. The minimum atomic E-state index is -0.234. The summed E-state index contributed by atoms with van der Waals surface area (Å²) in [5.74, 6) is 2.85. The lowest BCUT2D eigenvalue weighted by atomic mass is 9.46. The second-order valence-corrected chi connectivity index (χ2v) is 11.1. The van der Waals surface area contributed by atoms with Gasteiger partial charge in [0.1, 0.15) is 5.60 Å². The zero-order chi connectivity index (χ0) is 19.0. The van der Waals surface area contributed by atoms with E-state index in [9.17, 15) is 9.90 Å². The molecule has 1 saturated heterocycles. The quantitative estimate of drug-likeness (QED) is 0.519. The maximum Gasteiger partial charge on any atom is 0.306 e. The van der Waals surface area contributed by atoms with Crippen molar-refractivity contribution in [2.45, 2.75) is 96.7 Å². The molecule has 1 heterocycles. The summed E-state index contributed by atoms with van der Waals surface area (Å²) in [7, 11) is 0. The molecule has 5 rings (SSSR count). The largest absolute Gasteiger partial charge is 0.459 e. The number of allylic oxidation sites excluding steroid dienone is 1. The Morgan fingerprint density at radius 2 is 1.85 bits per heavy atom. The van der Waals surface area contributed by atoms with Gasteiger partial charge in [0.2, 0.25) is 0 Å². The van der Waals surface area contributed by atoms with E-state index in [-0.39, 0.29) is 17.7 Å². The molecular formula is C24H36O3. The maximum atomic E-state index is 11.9. The van der Waals surface area contributed by atoms with Gasteiger partial charge in [-0.2, -0.15) is 0 Å². The van der Waals surface area contributed by atoms with E-state index in [0.29, 0.717) is 23.2 Å². The van der Waals surface area contributed by atoms with E-state index in [1.807, 2.05) is 0 Å². The lowest BCUT2D eigenvalue weighted by molar-refractivity contribution is -0.158. The van der Waals surface area contributed by atoms with Crippen molar-refractivity contribution in [3.8, 4) is 0 Å². The van der Waals surface area contributed by atoms with E-state index in [4.69, 9.17) is 4.74 Å². The van der Waals surface area contributed by atoms with Gasteiger partial charge >= 0.3 is 5.97 Å². The number of aliphatic hydroxyl groups is 1. The Kier molecular flexibility index (Phi) is 3.94. The Labute approximate surface area is 163 Å². The topological polar surface area (TPSA) is 46.5 Å². The number of carbonyl (C=O) groups excluding carboxylic acids is 1. The van der Waals surface area contributed by atoms with Gasteiger partial charge < -0.3 is 9.84 Å². The third kappa shape index (κ3) is 2.46. The molecule has 0 spiro atoms. The molecule has 27 heavy (non-hydrogen) atoms. The number of fused-ring (bicyclic) bond motifs is 5. The zero-order valence-electron chi connectivity index (χ0n) is 17.3. The first-order valence-electron chi connectivity index (χ1n) is 11.4. The van der Waals surface area contributed by atoms with E-state index < -0.39 is 0 Å². The van der Waals surface area contributed by atoms with Crippen LogP contribution in [-0.2, 0) is 9.53 Å². The summed E-state index contributed by atoms with van der Waals surface area (Å²) in [6, 6.07) is 0. The van der Waals surface area contributed by atoms with Crippen LogP contribution in [0.3, 0.4) is 0 Å². The first kappa shape index (κ1) is 18.2. The summed E-state index contributed by atoms with van der Waals surface area (Å²) in [6.07, 6.45) is 13.2. The monoisotopic (exact) mass is 372 g/mol. The van der Waals surface area contributed by atoms with Crippen LogP contribution in [0.25, 0.3) is 0 Å². The normalized spacial score (nSPS) is 54.6. The fourth-order valence-electron chi connectivity index (χ4n) is 8.60. The third-order valence-electron chi connectivity index (χ3n) is 9.99. The highest BCUT2D eigenvalue weighted by Crippen LogP contribution is 2.68. The molecule has 5 unspecified atom stereocenters. The highest BCUT2D eigenvalue weighted by molar-refractivity contribution is 5.72. The number of cyclic esters (lactones) is 1. The fourth-order valence-corrected chi connectivity index (χ4v) is 8.60. The Hall–Kier alpha value is -0.830. The Morgan fingerprint density at radius 3 is 2.59 bits per heavy atom. The van der Waals surface area contributed by atoms with Gasteiger partial charge in [-0.05, 0) is 93.3 Å². The van der Waals surface area contributed by atoms with Crippen LogP contribution in [0.15, 0.2) is 11.6 Å². The first-order valence-corrected chi connectivity index (χ1v) is 11.4. The second kappa shape index (κ2) is 5.84. The SMILES string of the molecule is CC1(C2CCC3C4CC=C5C[C@@H](O)CC[C@]5(C)C4CC[C@@]32C)CCC(=O)O1. The Morgan fingerprint density at radius 1 is 1.04 bits per heavy atom. The van der Waals surface area contributed by atoms with Crippen molar-refractivity contribution >= 4 is 5.97 Å². The summed E-state index contributed by atoms with van der Waals surface area (Å²) in [5.41, 5.74) is 1.95. The molecule has 0 amide bonds. The number of esters is 1. The molecule has 4 aliphatic carbocycles. The molecule has 0 aromatic heterocycles. The first-order chi connectivity index (χ1) is 12.8. The van der Waals surface area contributed by atoms with Crippen LogP contribution in [0.1, 0.15) is 85.0 Å². The molecule has 5 aliphatic rings. The average Bonchev–Trinajstić information content (AvgIpc) is 3.15. The zero-order valence-corrected chi connectivity index (χ0v) is 17.3. The van der Waals surface area contributed by atoms with E-state index >= 15 is 0 Å². The van der Waals surface area contributed by atoms with Gasteiger partial charge in [-0.25, -0.2) is 0 Å². The molecule has 8 atom stereocenters. The predicted molar refractivity (Wildman–Crippen MR) is 105 cm³/mol. The van der Waals surface area contributed by atoms with Crippen molar-refractivity contribution in [2.24, 2.45) is 34.5 Å². The van der Waals surface area contributed by atoms with E-state index in [1.165, 1.54) is 32.1 Å². The minimum Gasteiger partial charge on any atom is -0.459 e. The Balaban J connectivity index is 1.44. The van der Waals surface area contributed by atoms with Gasteiger partial charge in [-0.15, -0.1) is 0 Å².